The zero-order valence-corrected chi connectivity index (χ0v) is 25.0. The number of nitrogens with one attached hydrogen (secondary N) is 1. The number of hydrogen-bond acceptors (Lipinski definition) is 4. The summed E-state index contributed by atoms with van der Waals surface area (Å²) in [6.07, 6.45) is 9.15. The van der Waals surface area contributed by atoms with Gasteiger partial charge in [-0.15, -0.1) is 0 Å². The number of unbranched alkanes of at least 4 members (excludes halogenated alkanes) is 7. The van der Waals surface area contributed by atoms with Crippen molar-refractivity contribution >= 4 is 32.7 Å². The maximum absolute atomic E-state index is 13.7. The summed E-state index contributed by atoms with van der Waals surface area (Å²) in [5.74, 6) is -1.31. The fraction of sp³-hybridized carbons (Fsp3) is 0.455. The summed E-state index contributed by atoms with van der Waals surface area (Å²) >= 11 is 0. The Morgan fingerprint density at radius 1 is 0.805 bits per heavy atom. The van der Waals surface area contributed by atoms with Crippen molar-refractivity contribution in [2.45, 2.75) is 95.0 Å². The number of benzene rings is 3. The highest BCUT2D eigenvalue weighted by Crippen LogP contribution is 2.24. The monoisotopic (exact) mass is 580 g/mol. The Labute approximate surface area is 245 Å². The Hall–Kier alpha value is -3.23. The number of aliphatic carboxylic acids is 1. The van der Waals surface area contributed by atoms with E-state index in [1.54, 1.807) is 12.1 Å². The first-order valence-electron chi connectivity index (χ1n) is 14.9. The fourth-order valence-corrected chi connectivity index (χ4v) is 6.45. The fourth-order valence-electron chi connectivity index (χ4n) is 4.95. The first-order valence-corrected chi connectivity index (χ1v) is 16.3. The van der Waals surface area contributed by atoms with Crippen molar-refractivity contribution in [3.63, 3.8) is 0 Å². The third-order valence-corrected chi connectivity index (χ3v) is 9.19. The minimum absolute atomic E-state index is 0.216. The van der Waals surface area contributed by atoms with E-state index in [2.05, 4.69) is 12.2 Å². The molecule has 0 aliphatic heterocycles. The molecule has 0 aliphatic carbocycles. The third kappa shape index (κ3) is 10.6. The van der Waals surface area contributed by atoms with E-state index < -0.39 is 22.0 Å². The van der Waals surface area contributed by atoms with Gasteiger partial charge in [0.05, 0.1) is 4.90 Å². The molecule has 0 saturated carbocycles. The van der Waals surface area contributed by atoms with Crippen LogP contribution in [0.25, 0.3) is 10.8 Å². The van der Waals surface area contributed by atoms with E-state index in [1.807, 2.05) is 60.7 Å². The molecule has 0 fully saturated rings. The second kappa shape index (κ2) is 16.9. The minimum atomic E-state index is -3.80. The van der Waals surface area contributed by atoms with E-state index in [1.165, 1.54) is 30.0 Å². The van der Waals surface area contributed by atoms with Gasteiger partial charge in [-0.05, 0) is 54.2 Å². The van der Waals surface area contributed by atoms with Crippen molar-refractivity contribution in [2.24, 2.45) is 0 Å². The van der Waals surface area contributed by atoms with Crippen molar-refractivity contribution in [1.82, 2.24) is 9.62 Å². The molecule has 0 saturated heterocycles. The largest absolute Gasteiger partial charge is 0.480 e. The average molecular weight is 581 g/mol. The number of carbonyl (C=O) groups excluding carboxylic acids is 1. The van der Waals surface area contributed by atoms with Gasteiger partial charge in [0, 0.05) is 19.5 Å². The van der Waals surface area contributed by atoms with Gasteiger partial charge >= 0.3 is 5.97 Å². The second-order valence-electron chi connectivity index (χ2n) is 10.7. The van der Waals surface area contributed by atoms with Crippen molar-refractivity contribution in [3.8, 4) is 0 Å². The van der Waals surface area contributed by atoms with Gasteiger partial charge < -0.3 is 10.4 Å². The molecule has 1 unspecified atom stereocenters. The predicted molar refractivity (Wildman–Crippen MR) is 164 cm³/mol. The third-order valence-electron chi connectivity index (χ3n) is 7.35. The van der Waals surface area contributed by atoms with Crippen LogP contribution in [0, 0.1) is 0 Å². The zero-order chi connectivity index (χ0) is 29.5. The van der Waals surface area contributed by atoms with Crippen molar-refractivity contribution in [2.75, 3.05) is 6.54 Å². The Balaban J connectivity index is 1.57. The number of fused-ring (bicyclic) bond motifs is 1. The molecule has 0 heterocycles. The highest BCUT2D eigenvalue weighted by Gasteiger charge is 2.25. The first kappa shape index (κ1) is 32.3. The molecule has 7 nitrogen and oxygen atoms in total. The lowest BCUT2D eigenvalue weighted by molar-refractivity contribution is -0.142. The van der Waals surface area contributed by atoms with Crippen molar-refractivity contribution in [1.29, 1.82) is 0 Å². The molecule has 3 rings (SSSR count). The highest BCUT2D eigenvalue weighted by atomic mass is 32.2. The molecule has 8 heteroatoms. The molecule has 3 aromatic carbocycles. The van der Waals surface area contributed by atoms with Gasteiger partial charge in [-0.2, -0.15) is 4.31 Å². The molecular weight excluding hydrogens is 536 g/mol. The van der Waals surface area contributed by atoms with Crippen LogP contribution in [-0.4, -0.2) is 42.3 Å². The summed E-state index contributed by atoms with van der Waals surface area (Å²) in [6, 6.07) is 21.2. The number of nitrogens with zero attached hydrogens (tertiary/aromatic N) is 1. The standard InChI is InChI=1S/C33H44N2O5S/c1-2-3-4-5-6-7-11-21-32(36)34-31(33(37)38)20-14-15-24-35(26-27-16-9-8-10-17-27)41(39,40)30-23-22-28-18-12-13-19-29(28)25-30/h8-10,12-13,16-19,22-23,25,31H,2-7,11,14-15,20-21,24,26H2,1H3,(H,34,36)(H,37,38). The number of rotatable bonds is 19. The van der Waals surface area contributed by atoms with Crippen LogP contribution < -0.4 is 5.32 Å². The van der Waals surface area contributed by atoms with Crippen LogP contribution >= 0.6 is 0 Å². The lowest BCUT2D eigenvalue weighted by atomic mass is 10.1. The van der Waals surface area contributed by atoms with E-state index >= 15 is 0 Å². The summed E-state index contributed by atoms with van der Waals surface area (Å²) in [5, 5.41) is 14.1. The van der Waals surface area contributed by atoms with E-state index in [9.17, 15) is 23.1 Å². The zero-order valence-electron chi connectivity index (χ0n) is 24.1. The van der Waals surface area contributed by atoms with Crippen LogP contribution in [0.5, 0.6) is 0 Å². The molecule has 0 radical (unpaired) electrons. The number of sulfonamides is 1. The SMILES string of the molecule is CCCCCCCCCC(=O)NC(CCCCN(Cc1ccccc1)S(=O)(=O)c1ccc2ccccc2c1)C(=O)O. The van der Waals surface area contributed by atoms with E-state index in [-0.39, 0.29) is 30.3 Å². The summed E-state index contributed by atoms with van der Waals surface area (Å²) in [6.45, 7) is 2.63. The molecular formula is C33H44N2O5S. The maximum atomic E-state index is 13.7. The second-order valence-corrected chi connectivity index (χ2v) is 12.6. The van der Waals surface area contributed by atoms with Gasteiger partial charge in [0.15, 0.2) is 0 Å². The smallest absolute Gasteiger partial charge is 0.326 e. The first-order chi connectivity index (χ1) is 19.8. The van der Waals surface area contributed by atoms with Crippen LogP contribution in [0.1, 0.15) is 83.1 Å². The molecule has 3 aromatic rings. The lowest BCUT2D eigenvalue weighted by Gasteiger charge is -2.23. The summed E-state index contributed by atoms with van der Waals surface area (Å²) in [5.41, 5.74) is 0.873. The van der Waals surface area contributed by atoms with Gasteiger partial charge in [-0.25, -0.2) is 13.2 Å². The van der Waals surface area contributed by atoms with E-state index in [0.29, 0.717) is 19.3 Å². The van der Waals surface area contributed by atoms with Gasteiger partial charge in [0.1, 0.15) is 6.04 Å². The number of hydrogen-bond donors (Lipinski definition) is 2. The van der Waals surface area contributed by atoms with Crippen LogP contribution in [0.3, 0.4) is 0 Å². The van der Waals surface area contributed by atoms with Crippen molar-refractivity contribution < 1.29 is 23.1 Å². The van der Waals surface area contributed by atoms with E-state index in [4.69, 9.17) is 0 Å². The van der Waals surface area contributed by atoms with E-state index in [0.717, 1.165) is 35.6 Å². The summed E-state index contributed by atoms with van der Waals surface area (Å²) in [7, 11) is -3.80. The van der Waals surface area contributed by atoms with Crippen LogP contribution in [0.15, 0.2) is 77.7 Å². The normalized spacial score (nSPS) is 12.4. The molecule has 41 heavy (non-hydrogen) atoms. The number of carbonyl (C=O) groups is 2. The highest BCUT2D eigenvalue weighted by molar-refractivity contribution is 7.89. The summed E-state index contributed by atoms with van der Waals surface area (Å²) in [4.78, 5) is 24.4. The minimum Gasteiger partial charge on any atom is -0.480 e. The quantitative estimate of drug-likeness (QED) is 0.150. The molecule has 1 atom stereocenters. The molecule has 0 bridgehead atoms. The Morgan fingerprint density at radius 2 is 1.46 bits per heavy atom. The van der Waals surface area contributed by atoms with Gasteiger partial charge in [0.2, 0.25) is 15.9 Å². The van der Waals surface area contributed by atoms with Crippen LogP contribution in [0.2, 0.25) is 0 Å². The maximum Gasteiger partial charge on any atom is 0.326 e. The Morgan fingerprint density at radius 3 is 2.17 bits per heavy atom. The number of amides is 1. The molecule has 0 spiro atoms. The Bertz CT molecular complexity index is 1340. The topological polar surface area (TPSA) is 104 Å². The molecule has 1 amide bonds. The molecule has 0 aromatic heterocycles. The van der Waals surface area contributed by atoms with Gasteiger partial charge in [-0.3, -0.25) is 4.79 Å². The van der Waals surface area contributed by atoms with Crippen molar-refractivity contribution in [3.05, 3.63) is 78.4 Å². The lowest BCUT2D eigenvalue weighted by Crippen LogP contribution is -2.40. The van der Waals surface area contributed by atoms with Crippen LogP contribution in [-0.2, 0) is 26.2 Å². The number of carboxylic acid groups (broad SMARTS) is 1. The number of carboxylic acids is 1. The van der Waals surface area contributed by atoms with Crippen LogP contribution in [0.4, 0.5) is 0 Å². The molecule has 222 valence electrons. The Kier molecular flexibility index (Phi) is 13.3. The average Bonchev–Trinajstić information content (AvgIpc) is 2.97. The summed E-state index contributed by atoms with van der Waals surface area (Å²) < 4.78 is 28.9. The molecule has 0 aliphatic rings. The predicted octanol–water partition coefficient (Wildman–Crippen LogP) is 6.91. The molecule has 2 N–H and O–H groups in total. The van der Waals surface area contributed by atoms with Gasteiger partial charge in [-0.1, -0.05) is 106 Å². The van der Waals surface area contributed by atoms with Gasteiger partial charge in [0.25, 0.3) is 0 Å².